The number of nitrogens with one attached hydrogen (secondary N) is 2. The molecule has 0 bridgehead atoms. The van der Waals surface area contributed by atoms with Gasteiger partial charge in [-0.3, -0.25) is 14.5 Å². The Kier molecular flexibility index (Phi) is 4.92. The lowest BCUT2D eigenvalue weighted by atomic mass is 9.92. The maximum atomic E-state index is 12.3. The molecule has 19 heavy (non-hydrogen) atoms. The third-order valence-corrected chi connectivity index (χ3v) is 3.82. The summed E-state index contributed by atoms with van der Waals surface area (Å²) in [6, 6.07) is 0. The van der Waals surface area contributed by atoms with Crippen molar-refractivity contribution in [1.82, 2.24) is 15.5 Å². The topological polar surface area (TPSA) is 87.5 Å². The maximum absolute atomic E-state index is 12.3. The molecule has 1 heterocycles. The first-order chi connectivity index (χ1) is 8.68. The normalized spacial score (nSPS) is 18.1. The molecule has 0 unspecified atom stereocenters. The Hall–Kier alpha value is -1.14. The van der Waals surface area contributed by atoms with E-state index >= 15 is 0 Å². The maximum Gasteiger partial charge on any atom is 0.239 e. The molecule has 0 aromatic rings. The van der Waals surface area contributed by atoms with Crippen LogP contribution in [0.4, 0.5) is 0 Å². The van der Waals surface area contributed by atoms with E-state index in [0.717, 1.165) is 26.2 Å². The number of nitrogens with two attached hydrogens (primary N) is 1. The highest BCUT2D eigenvalue weighted by atomic mass is 16.2. The van der Waals surface area contributed by atoms with Gasteiger partial charge >= 0.3 is 0 Å². The third kappa shape index (κ3) is 3.91. The predicted octanol–water partition coefficient (Wildman–Crippen LogP) is -0.702. The molecule has 0 aromatic heterocycles. The number of rotatable bonds is 5. The molecule has 0 aromatic carbocycles. The highest BCUT2D eigenvalue weighted by Gasteiger charge is 2.36. The van der Waals surface area contributed by atoms with E-state index in [1.807, 2.05) is 13.8 Å². The van der Waals surface area contributed by atoms with Gasteiger partial charge in [0, 0.05) is 32.7 Å². The van der Waals surface area contributed by atoms with E-state index in [4.69, 9.17) is 5.73 Å². The highest BCUT2D eigenvalue weighted by Crippen LogP contribution is 2.17. The van der Waals surface area contributed by atoms with Crippen molar-refractivity contribution in [3.63, 3.8) is 0 Å². The van der Waals surface area contributed by atoms with Crippen molar-refractivity contribution in [3.8, 4) is 0 Å². The van der Waals surface area contributed by atoms with E-state index in [9.17, 15) is 9.59 Å². The summed E-state index contributed by atoms with van der Waals surface area (Å²) < 4.78 is 0. The predicted molar refractivity (Wildman–Crippen MR) is 74.5 cm³/mol. The van der Waals surface area contributed by atoms with E-state index in [-0.39, 0.29) is 12.5 Å². The molecule has 110 valence electrons. The van der Waals surface area contributed by atoms with Crippen LogP contribution in [-0.4, -0.2) is 55.0 Å². The van der Waals surface area contributed by atoms with Crippen molar-refractivity contribution >= 4 is 11.8 Å². The molecular weight excluding hydrogens is 244 g/mol. The molecule has 0 radical (unpaired) electrons. The van der Waals surface area contributed by atoms with E-state index in [1.165, 1.54) is 0 Å². The summed E-state index contributed by atoms with van der Waals surface area (Å²) >= 11 is 0. The molecule has 1 saturated heterocycles. The number of hydrogen-bond acceptors (Lipinski definition) is 4. The van der Waals surface area contributed by atoms with Crippen molar-refractivity contribution in [1.29, 1.82) is 0 Å². The average Bonchev–Trinajstić information content (AvgIpc) is 2.36. The van der Waals surface area contributed by atoms with E-state index in [1.54, 1.807) is 13.8 Å². The Morgan fingerprint density at radius 1 is 1.21 bits per heavy atom. The molecule has 0 saturated carbocycles. The number of primary amides is 1. The van der Waals surface area contributed by atoms with Crippen LogP contribution in [0, 0.1) is 5.41 Å². The quantitative estimate of drug-likeness (QED) is 0.616. The smallest absolute Gasteiger partial charge is 0.239 e. The summed E-state index contributed by atoms with van der Waals surface area (Å²) in [5, 5.41) is 6.10. The zero-order chi connectivity index (χ0) is 14.7. The van der Waals surface area contributed by atoms with E-state index in [0.29, 0.717) is 0 Å². The van der Waals surface area contributed by atoms with Crippen LogP contribution in [0.2, 0.25) is 0 Å². The van der Waals surface area contributed by atoms with Gasteiger partial charge in [-0.15, -0.1) is 0 Å². The number of carbonyl (C=O) groups excluding carboxylic acids is 2. The largest absolute Gasteiger partial charge is 0.369 e. The van der Waals surface area contributed by atoms with Crippen LogP contribution in [0.15, 0.2) is 0 Å². The van der Waals surface area contributed by atoms with Gasteiger partial charge in [-0.1, -0.05) is 0 Å². The molecule has 0 spiro atoms. The van der Waals surface area contributed by atoms with Gasteiger partial charge in [0.25, 0.3) is 0 Å². The van der Waals surface area contributed by atoms with Crippen LogP contribution in [0.1, 0.15) is 27.7 Å². The van der Waals surface area contributed by atoms with Crippen molar-refractivity contribution in [2.45, 2.75) is 33.2 Å². The van der Waals surface area contributed by atoms with Crippen LogP contribution < -0.4 is 16.4 Å². The standard InChI is InChI=1S/C13H26N4O2/c1-12(2,10(14)18)9-16-11(19)13(3,4)17-7-5-15-6-8-17/h15H,5-9H2,1-4H3,(H2,14,18)(H,16,19). The van der Waals surface area contributed by atoms with Gasteiger partial charge in [-0.05, 0) is 27.7 Å². The number of piperazine rings is 1. The summed E-state index contributed by atoms with van der Waals surface area (Å²) in [7, 11) is 0. The van der Waals surface area contributed by atoms with Crippen molar-refractivity contribution in [2.24, 2.45) is 11.1 Å². The Morgan fingerprint density at radius 3 is 2.21 bits per heavy atom. The fourth-order valence-electron chi connectivity index (χ4n) is 1.97. The number of hydrogen-bond donors (Lipinski definition) is 3. The first-order valence-electron chi connectivity index (χ1n) is 6.72. The van der Waals surface area contributed by atoms with Gasteiger partial charge in [0.2, 0.25) is 11.8 Å². The van der Waals surface area contributed by atoms with Gasteiger partial charge in [0.15, 0.2) is 0 Å². The molecule has 6 nitrogen and oxygen atoms in total. The second-order valence-electron chi connectivity index (χ2n) is 6.23. The Labute approximate surface area is 115 Å². The molecule has 0 aliphatic carbocycles. The summed E-state index contributed by atoms with van der Waals surface area (Å²) in [6.07, 6.45) is 0. The minimum Gasteiger partial charge on any atom is -0.369 e. The number of amides is 2. The highest BCUT2D eigenvalue weighted by molar-refractivity contribution is 5.86. The number of nitrogens with zero attached hydrogens (tertiary/aromatic N) is 1. The van der Waals surface area contributed by atoms with E-state index < -0.39 is 16.9 Å². The molecule has 1 fully saturated rings. The summed E-state index contributed by atoms with van der Waals surface area (Å²) in [6.45, 7) is 11.0. The SMILES string of the molecule is CC(C)(CNC(=O)C(C)(C)N1CCNCC1)C(N)=O. The Morgan fingerprint density at radius 2 is 1.74 bits per heavy atom. The minimum atomic E-state index is -0.727. The van der Waals surface area contributed by atoms with Crippen LogP contribution in [0.25, 0.3) is 0 Å². The minimum absolute atomic E-state index is 0.0660. The van der Waals surface area contributed by atoms with Crippen LogP contribution in [0.3, 0.4) is 0 Å². The molecule has 2 amide bonds. The molecule has 1 aliphatic rings. The zero-order valence-corrected chi connectivity index (χ0v) is 12.4. The molecule has 6 heteroatoms. The monoisotopic (exact) mass is 270 g/mol. The fraction of sp³-hybridized carbons (Fsp3) is 0.846. The first-order valence-corrected chi connectivity index (χ1v) is 6.72. The average molecular weight is 270 g/mol. The molecule has 1 aliphatic heterocycles. The zero-order valence-electron chi connectivity index (χ0n) is 12.4. The van der Waals surface area contributed by atoms with Crippen LogP contribution in [0.5, 0.6) is 0 Å². The Bertz CT molecular complexity index is 347. The lowest BCUT2D eigenvalue weighted by Crippen LogP contribution is -2.60. The van der Waals surface area contributed by atoms with Crippen molar-refractivity contribution in [3.05, 3.63) is 0 Å². The van der Waals surface area contributed by atoms with Gasteiger partial charge < -0.3 is 16.4 Å². The summed E-state index contributed by atoms with van der Waals surface area (Å²) in [4.78, 5) is 25.7. The van der Waals surface area contributed by atoms with Gasteiger partial charge in [0.1, 0.15) is 0 Å². The second-order valence-corrected chi connectivity index (χ2v) is 6.23. The summed E-state index contributed by atoms with van der Waals surface area (Å²) in [5.41, 5.74) is 4.00. The van der Waals surface area contributed by atoms with E-state index in [2.05, 4.69) is 15.5 Å². The lowest BCUT2D eigenvalue weighted by Gasteiger charge is -2.40. The lowest BCUT2D eigenvalue weighted by molar-refractivity contribution is -0.133. The van der Waals surface area contributed by atoms with Crippen molar-refractivity contribution < 1.29 is 9.59 Å². The van der Waals surface area contributed by atoms with Crippen LogP contribution in [-0.2, 0) is 9.59 Å². The second kappa shape index (κ2) is 5.88. The number of carbonyl (C=O) groups is 2. The van der Waals surface area contributed by atoms with Crippen molar-refractivity contribution in [2.75, 3.05) is 32.7 Å². The summed E-state index contributed by atoms with van der Waals surface area (Å²) in [5.74, 6) is -0.475. The van der Waals surface area contributed by atoms with Gasteiger partial charge in [0.05, 0.1) is 11.0 Å². The molecular formula is C13H26N4O2. The fourth-order valence-corrected chi connectivity index (χ4v) is 1.97. The Balaban J connectivity index is 2.58. The first kappa shape index (κ1) is 15.9. The van der Waals surface area contributed by atoms with Gasteiger partial charge in [-0.2, -0.15) is 0 Å². The van der Waals surface area contributed by atoms with Gasteiger partial charge in [-0.25, -0.2) is 0 Å². The third-order valence-electron chi connectivity index (χ3n) is 3.82. The molecule has 1 rings (SSSR count). The molecule has 0 atom stereocenters. The molecule has 4 N–H and O–H groups in total. The van der Waals surface area contributed by atoms with Crippen LogP contribution >= 0.6 is 0 Å².